The lowest BCUT2D eigenvalue weighted by Crippen LogP contribution is -2.20. The summed E-state index contributed by atoms with van der Waals surface area (Å²) in [4.78, 5) is 4.50. The van der Waals surface area contributed by atoms with Gasteiger partial charge in [0.2, 0.25) is 0 Å². The molecule has 0 amide bonds. The van der Waals surface area contributed by atoms with Crippen molar-refractivity contribution in [1.29, 1.82) is 0 Å². The molecule has 2 aromatic rings. The summed E-state index contributed by atoms with van der Waals surface area (Å²) in [5.41, 5.74) is 1.12. The summed E-state index contributed by atoms with van der Waals surface area (Å²) in [5, 5.41) is 6.64. The van der Waals surface area contributed by atoms with Gasteiger partial charge in [-0.25, -0.2) is 4.98 Å². The molecule has 0 spiro atoms. The lowest BCUT2D eigenvalue weighted by Gasteiger charge is -2.06. The van der Waals surface area contributed by atoms with Crippen LogP contribution in [0.3, 0.4) is 0 Å². The Labute approximate surface area is 112 Å². The molecule has 1 aromatic carbocycles. The van der Waals surface area contributed by atoms with Gasteiger partial charge >= 0.3 is 0 Å². The average molecular weight is 262 g/mol. The number of ether oxygens (including phenoxy) is 1. The van der Waals surface area contributed by atoms with Gasteiger partial charge in [0.25, 0.3) is 0 Å². The van der Waals surface area contributed by atoms with E-state index >= 15 is 0 Å². The van der Waals surface area contributed by atoms with Gasteiger partial charge < -0.3 is 10.1 Å². The van der Waals surface area contributed by atoms with Crippen LogP contribution in [0.4, 0.5) is 0 Å². The first-order valence-electron chi connectivity index (χ1n) is 6.20. The second-order valence-electron chi connectivity index (χ2n) is 3.92. The van der Waals surface area contributed by atoms with Crippen LogP contribution in [0, 0.1) is 0 Å². The zero-order chi connectivity index (χ0) is 12.6. The number of hydrogen-bond donors (Lipinski definition) is 1. The molecule has 96 valence electrons. The second kappa shape index (κ2) is 7.13. The molecule has 0 radical (unpaired) electrons. The minimum Gasteiger partial charge on any atom is -0.492 e. The fourth-order valence-corrected chi connectivity index (χ4v) is 2.31. The van der Waals surface area contributed by atoms with Crippen LogP contribution >= 0.6 is 11.3 Å². The zero-order valence-electron chi connectivity index (χ0n) is 10.6. The highest BCUT2D eigenvalue weighted by Gasteiger charge is 1.99. The van der Waals surface area contributed by atoms with Crippen LogP contribution in [0.5, 0.6) is 5.75 Å². The Hall–Kier alpha value is -1.39. The fourth-order valence-electron chi connectivity index (χ4n) is 1.57. The Bertz CT molecular complexity index is 456. The van der Waals surface area contributed by atoms with Crippen LogP contribution < -0.4 is 10.1 Å². The molecule has 2 rings (SSSR count). The van der Waals surface area contributed by atoms with Crippen LogP contribution in [-0.2, 0) is 13.0 Å². The summed E-state index contributed by atoms with van der Waals surface area (Å²) in [5.74, 6) is 0.918. The zero-order valence-corrected chi connectivity index (χ0v) is 11.4. The van der Waals surface area contributed by atoms with Crippen molar-refractivity contribution >= 4 is 11.3 Å². The van der Waals surface area contributed by atoms with Crippen molar-refractivity contribution in [3.8, 4) is 5.75 Å². The summed E-state index contributed by atoms with van der Waals surface area (Å²) in [6.07, 6.45) is 1.02. The van der Waals surface area contributed by atoms with Crippen molar-refractivity contribution < 1.29 is 4.74 Å². The molecule has 0 fully saturated rings. The van der Waals surface area contributed by atoms with E-state index in [0.717, 1.165) is 31.0 Å². The van der Waals surface area contributed by atoms with Crippen LogP contribution in [0.1, 0.15) is 17.6 Å². The van der Waals surface area contributed by atoms with E-state index in [4.69, 9.17) is 4.74 Å². The molecular formula is C14H18N2OS. The number of hydrogen-bond acceptors (Lipinski definition) is 4. The molecule has 0 atom stereocenters. The molecule has 1 aromatic heterocycles. The molecule has 0 saturated carbocycles. The van der Waals surface area contributed by atoms with Crippen molar-refractivity contribution in [1.82, 2.24) is 10.3 Å². The number of thiazole rings is 1. The highest BCUT2D eigenvalue weighted by Crippen LogP contribution is 2.10. The number of benzene rings is 1. The van der Waals surface area contributed by atoms with Crippen LogP contribution in [-0.4, -0.2) is 18.1 Å². The number of nitrogens with one attached hydrogen (secondary N) is 1. The maximum absolute atomic E-state index is 5.59. The number of aromatic nitrogens is 1. The van der Waals surface area contributed by atoms with Gasteiger partial charge in [0.15, 0.2) is 0 Å². The van der Waals surface area contributed by atoms with Crippen LogP contribution in [0.15, 0.2) is 35.7 Å². The Kier molecular flexibility index (Phi) is 5.17. The third-order valence-electron chi connectivity index (χ3n) is 2.50. The van der Waals surface area contributed by atoms with Gasteiger partial charge in [-0.3, -0.25) is 0 Å². The molecule has 0 saturated heterocycles. The molecule has 18 heavy (non-hydrogen) atoms. The topological polar surface area (TPSA) is 34.2 Å². The van der Waals surface area contributed by atoms with Crippen LogP contribution in [0.2, 0.25) is 0 Å². The van der Waals surface area contributed by atoms with E-state index in [1.165, 1.54) is 5.01 Å². The van der Waals surface area contributed by atoms with Gasteiger partial charge in [-0.05, 0) is 18.6 Å². The van der Waals surface area contributed by atoms with Crippen LogP contribution in [0.25, 0.3) is 0 Å². The maximum atomic E-state index is 5.59. The highest BCUT2D eigenvalue weighted by atomic mass is 32.1. The minimum atomic E-state index is 0.675. The van der Waals surface area contributed by atoms with Gasteiger partial charge in [-0.1, -0.05) is 25.1 Å². The summed E-state index contributed by atoms with van der Waals surface area (Å²) in [6, 6.07) is 9.87. The predicted molar refractivity (Wildman–Crippen MR) is 75.1 cm³/mol. The van der Waals surface area contributed by atoms with E-state index in [1.807, 2.05) is 30.3 Å². The largest absolute Gasteiger partial charge is 0.492 e. The maximum Gasteiger partial charge on any atom is 0.119 e. The third kappa shape index (κ3) is 4.13. The van der Waals surface area contributed by atoms with Crippen molar-refractivity contribution in [3.05, 3.63) is 46.4 Å². The summed E-state index contributed by atoms with van der Waals surface area (Å²) >= 11 is 1.73. The standard InChI is InChI=1S/C14H18N2OS/c1-2-14-16-12(11-18-14)10-15-8-9-17-13-6-4-3-5-7-13/h3-7,11,15H,2,8-10H2,1H3. The Balaban J connectivity index is 1.61. The first-order valence-corrected chi connectivity index (χ1v) is 7.08. The molecule has 1 heterocycles. The quantitative estimate of drug-likeness (QED) is 0.779. The third-order valence-corrected chi connectivity index (χ3v) is 3.54. The summed E-state index contributed by atoms with van der Waals surface area (Å²) < 4.78 is 5.59. The van der Waals surface area contributed by atoms with Gasteiger partial charge in [0, 0.05) is 18.5 Å². The Morgan fingerprint density at radius 3 is 2.83 bits per heavy atom. The van der Waals surface area contributed by atoms with Gasteiger partial charge in [-0.15, -0.1) is 11.3 Å². The highest BCUT2D eigenvalue weighted by molar-refractivity contribution is 7.09. The molecular weight excluding hydrogens is 244 g/mol. The fraction of sp³-hybridized carbons (Fsp3) is 0.357. The molecule has 0 aliphatic heterocycles. The number of nitrogens with zero attached hydrogens (tertiary/aromatic N) is 1. The van der Waals surface area contributed by atoms with E-state index < -0.39 is 0 Å². The number of rotatable bonds is 7. The van der Waals surface area contributed by atoms with Gasteiger partial charge in [0.05, 0.1) is 10.7 Å². The minimum absolute atomic E-state index is 0.675. The Morgan fingerprint density at radius 2 is 2.11 bits per heavy atom. The number of para-hydroxylation sites is 1. The SMILES string of the molecule is CCc1nc(CNCCOc2ccccc2)cs1. The van der Waals surface area contributed by atoms with E-state index in [1.54, 1.807) is 11.3 Å². The average Bonchev–Trinajstić information content (AvgIpc) is 2.87. The van der Waals surface area contributed by atoms with Gasteiger partial charge in [0.1, 0.15) is 12.4 Å². The molecule has 4 heteroatoms. The van der Waals surface area contributed by atoms with Crippen molar-refractivity contribution in [2.45, 2.75) is 19.9 Å². The molecule has 3 nitrogen and oxygen atoms in total. The van der Waals surface area contributed by atoms with E-state index in [2.05, 4.69) is 22.6 Å². The normalized spacial score (nSPS) is 10.5. The lowest BCUT2D eigenvalue weighted by atomic mass is 10.3. The molecule has 0 bridgehead atoms. The first kappa shape index (κ1) is 13.1. The van der Waals surface area contributed by atoms with Crippen molar-refractivity contribution in [2.24, 2.45) is 0 Å². The molecule has 0 aliphatic rings. The first-order chi connectivity index (χ1) is 8.88. The summed E-state index contributed by atoms with van der Waals surface area (Å²) in [6.45, 7) is 4.45. The predicted octanol–water partition coefficient (Wildman–Crippen LogP) is 2.87. The number of aryl methyl sites for hydroxylation is 1. The van der Waals surface area contributed by atoms with E-state index in [0.29, 0.717) is 6.61 Å². The van der Waals surface area contributed by atoms with E-state index in [-0.39, 0.29) is 0 Å². The molecule has 1 N–H and O–H groups in total. The van der Waals surface area contributed by atoms with Crippen molar-refractivity contribution in [3.63, 3.8) is 0 Å². The molecule has 0 aliphatic carbocycles. The van der Waals surface area contributed by atoms with Gasteiger partial charge in [-0.2, -0.15) is 0 Å². The Morgan fingerprint density at radius 1 is 1.28 bits per heavy atom. The van der Waals surface area contributed by atoms with Crippen molar-refractivity contribution in [2.75, 3.05) is 13.2 Å². The summed E-state index contributed by atoms with van der Waals surface area (Å²) in [7, 11) is 0. The van der Waals surface area contributed by atoms with E-state index in [9.17, 15) is 0 Å². The molecule has 0 unspecified atom stereocenters. The smallest absolute Gasteiger partial charge is 0.119 e. The second-order valence-corrected chi connectivity index (χ2v) is 4.87. The lowest BCUT2D eigenvalue weighted by molar-refractivity contribution is 0.313. The monoisotopic (exact) mass is 262 g/mol.